The number of benzene rings is 1. The first kappa shape index (κ1) is 12.6. The number of nitrogens with two attached hydrogens (primary N) is 1. The van der Waals surface area contributed by atoms with Gasteiger partial charge in [-0.2, -0.15) is 0 Å². The summed E-state index contributed by atoms with van der Waals surface area (Å²) in [6.07, 6.45) is 2.04. The van der Waals surface area contributed by atoms with Gasteiger partial charge in [-0.15, -0.1) is 5.92 Å². The highest BCUT2D eigenvalue weighted by atomic mass is 16.5. The lowest BCUT2D eigenvalue weighted by molar-refractivity contribution is 0.370. The molecule has 1 rings (SSSR count). The van der Waals surface area contributed by atoms with E-state index in [1.807, 2.05) is 19.1 Å². The first-order valence-electron chi connectivity index (χ1n) is 5.59. The Labute approximate surface area is 97.8 Å². The lowest BCUT2D eigenvalue weighted by Gasteiger charge is -2.06. The lowest BCUT2D eigenvalue weighted by atomic mass is 10.1. The molecule has 0 bridgehead atoms. The van der Waals surface area contributed by atoms with Crippen molar-refractivity contribution >= 4 is 0 Å². The normalized spacial score (nSPS) is 11.4. The van der Waals surface area contributed by atoms with Crippen molar-refractivity contribution in [3.05, 3.63) is 29.8 Å². The summed E-state index contributed by atoms with van der Waals surface area (Å²) >= 11 is 0. The van der Waals surface area contributed by atoms with Crippen molar-refractivity contribution in [1.82, 2.24) is 0 Å². The SMILES string of the molecule is CC#CCOc1ccc(CCC(C)N)cc1. The van der Waals surface area contributed by atoms with Crippen molar-refractivity contribution in [2.75, 3.05) is 6.61 Å². The molecular weight excluding hydrogens is 198 g/mol. The van der Waals surface area contributed by atoms with Crippen molar-refractivity contribution in [2.45, 2.75) is 32.7 Å². The van der Waals surface area contributed by atoms with Gasteiger partial charge < -0.3 is 10.5 Å². The molecule has 86 valence electrons. The second-order valence-corrected chi connectivity index (χ2v) is 3.88. The predicted molar refractivity (Wildman–Crippen MR) is 67.4 cm³/mol. The first-order valence-corrected chi connectivity index (χ1v) is 5.59. The third-order valence-corrected chi connectivity index (χ3v) is 2.30. The second-order valence-electron chi connectivity index (χ2n) is 3.88. The molecule has 0 amide bonds. The van der Waals surface area contributed by atoms with E-state index in [1.165, 1.54) is 5.56 Å². The second kappa shape index (κ2) is 6.92. The Morgan fingerprint density at radius 3 is 2.56 bits per heavy atom. The molecule has 0 heterocycles. The fourth-order valence-corrected chi connectivity index (χ4v) is 1.34. The molecule has 0 radical (unpaired) electrons. The zero-order valence-electron chi connectivity index (χ0n) is 9.99. The zero-order chi connectivity index (χ0) is 11.8. The number of rotatable bonds is 5. The van der Waals surface area contributed by atoms with E-state index in [0.29, 0.717) is 6.61 Å². The Morgan fingerprint density at radius 2 is 2.00 bits per heavy atom. The summed E-state index contributed by atoms with van der Waals surface area (Å²) in [6, 6.07) is 8.38. The van der Waals surface area contributed by atoms with Gasteiger partial charge in [-0.05, 0) is 44.4 Å². The molecule has 0 saturated carbocycles. The van der Waals surface area contributed by atoms with Crippen LogP contribution in [-0.4, -0.2) is 12.6 Å². The standard InChI is InChI=1S/C14H19NO/c1-3-4-11-16-14-9-7-13(8-10-14)6-5-12(2)15/h7-10,12H,5-6,11,15H2,1-2H3. The summed E-state index contributed by atoms with van der Waals surface area (Å²) in [4.78, 5) is 0. The van der Waals surface area contributed by atoms with Crippen LogP contribution < -0.4 is 10.5 Å². The molecule has 0 saturated heterocycles. The summed E-state index contributed by atoms with van der Waals surface area (Å²) < 4.78 is 5.43. The quantitative estimate of drug-likeness (QED) is 0.768. The molecule has 1 unspecified atom stereocenters. The van der Waals surface area contributed by atoms with Crippen LogP contribution in [0.1, 0.15) is 25.8 Å². The fraction of sp³-hybridized carbons (Fsp3) is 0.429. The van der Waals surface area contributed by atoms with Gasteiger partial charge in [-0.3, -0.25) is 0 Å². The molecule has 0 aromatic heterocycles. The minimum absolute atomic E-state index is 0.260. The molecule has 2 N–H and O–H groups in total. The van der Waals surface area contributed by atoms with Crippen LogP contribution in [0.25, 0.3) is 0 Å². The van der Waals surface area contributed by atoms with E-state index in [1.54, 1.807) is 6.92 Å². The minimum atomic E-state index is 0.260. The van der Waals surface area contributed by atoms with Crippen LogP contribution in [0.4, 0.5) is 0 Å². The van der Waals surface area contributed by atoms with Gasteiger partial charge in [0.05, 0.1) is 0 Å². The van der Waals surface area contributed by atoms with Gasteiger partial charge >= 0.3 is 0 Å². The van der Waals surface area contributed by atoms with E-state index in [0.717, 1.165) is 18.6 Å². The van der Waals surface area contributed by atoms with E-state index >= 15 is 0 Å². The van der Waals surface area contributed by atoms with Crippen molar-refractivity contribution in [3.8, 4) is 17.6 Å². The molecule has 1 aromatic carbocycles. The molecule has 0 aliphatic carbocycles. The maximum atomic E-state index is 5.71. The number of ether oxygens (including phenoxy) is 1. The van der Waals surface area contributed by atoms with Crippen LogP contribution in [0.2, 0.25) is 0 Å². The Kier molecular flexibility index (Phi) is 5.45. The molecule has 1 atom stereocenters. The van der Waals surface area contributed by atoms with Crippen LogP contribution in [0.5, 0.6) is 5.75 Å². The van der Waals surface area contributed by atoms with Crippen molar-refractivity contribution in [3.63, 3.8) is 0 Å². The van der Waals surface area contributed by atoms with E-state index in [2.05, 4.69) is 24.0 Å². The number of hydrogen-bond donors (Lipinski definition) is 1. The average Bonchev–Trinajstić information content (AvgIpc) is 2.28. The van der Waals surface area contributed by atoms with Gasteiger partial charge in [0, 0.05) is 6.04 Å². The van der Waals surface area contributed by atoms with Gasteiger partial charge in [-0.25, -0.2) is 0 Å². The van der Waals surface area contributed by atoms with Crippen molar-refractivity contribution in [1.29, 1.82) is 0 Å². The highest BCUT2D eigenvalue weighted by Crippen LogP contribution is 2.13. The zero-order valence-corrected chi connectivity index (χ0v) is 9.99. The van der Waals surface area contributed by atoms with Gasteiger partial charge in [0.15, 0.2) is 0 Å². The van der Waals surface area contributed by atoms with Crippen molar-refractivity contribution < 1.29 is 4.74 Å². The summed E-state index contributed by atoms with van der Waals surface area (Å²) in [5.41, 5.74) is 7.01. The number of hydrogen-bond acceptors (Lipinski definition) is 2. The van der Waals surface area contributed by atoms with E-state index < -0.39 is 0 Å². The topological polar surface area (TPSA) is 35.2 Å². The maximum absolute atomic E-state index is 5.71. The van der Waals surface area contributed by atoms with Gasteiger partial charge in [-0.1, -0.05) is 18.1 Å². The highest BCUT2D eigenvalue weighted by molar-refractivity contribution is 5.27. The lowest BCUT2D eigenvalue weighted by Crippen LogP contribution is -2.15. The minimum Gasteiger partial charge on any atom is -0.481 e. The predicted octanol–water partition coefficient (Wildman–Crippen LogP) is 2.37. The van der Waals surface area contributed by atoms with Gasteiger partial charge in [0.25, 0.3) is 0 Å². The Balaban J connectivity index is 2.43. The van der Waals surface area contributed by atoms with Gasteiger partial charge in [0.2, 0.25) is 0 Å². The van der Waals surface area contributed by atoms with Crippen LogP contribution >= 0.6 is 0 Å². The summed E-state index contributed by atoms with van der Waals surface area (Å²) in [5.74, 6) is 6.52. The molecule has 0 fully saturated rings. The smallest absolute Gasteiger partial charge is 0.149 e. The molecule has 16 heavy (non-hydrogen) atoms. The summed E-state index contributed by atoms with van der Waals surface area (Å²) in [6.45, 7) is 4.29. The third-order valence-electron chi connectivity index (χ3n) is 2.30. The summed E-state index contributed by atoms with van der Waals surface area (Å²) in [7, 11) is 0. The Morgan fingerprint density at radius 1 is 1.31 bits per heavy atom. The molecular formula is C14H19NO. The number of aryl methyl sites for hydroxylation is 1. The largest absolute Gasteiger partial charge is 0.481 e. The molecule has 1 aromatic rings. The van der Waals surface area contributed by atoms with Crippen molar-refractivity contribution in [2.24, 2.45) is 5.73 Å². The van der Waals surface area contributed by atoms with E-state index in [-0.39, 0.29) is 6.04 Å². The molecule has 2 heteroatoms. The van der Waals surface area contributed by atoms with Crippen LogP contribution in [0.3, 0.4) is 0 Å². The van der Waals surface area contributed by atoms with Crippen LogP contribution in [0.15, 0.2) is 24.3 Å². The molecule has 0 spiro atoms. The summed E-state index contributed by atoms with van der Waals surface area (Å²) in [5, 5.41) is 0. The highest BCUT2D eigenvalue weighted by Gasteiger charge is 1.97. The molecule has 0 aliphatic rings. The first-order chi connectivity index (χ1) is 7.72. The van der Waals surface area contributed by atoms with E-state index in [4.69, 9.17) is 10.5 Å². The monoisotopic (exact) mass is 217 g/mol. The third kappa shape index (κ3) is 4.86. The maximum Gasteiger partial charge on any atom is 0.149 e. The van der Waals surface area contributed by atoms with Crippen LogP contribution in [-0.2, 0) is 6.42 Å². The average molecular weight is 217 g/mol. The Hall–Kier alpha value is -1.46. The Bertz CT molecular complexity index is 357. The van der Waals surface area contributed by atoms with Crippen LogP contribution in [0, 0.1) is 11.8 Å². The molecule has 0 aliphatic heterocycles. The molecule has 2 nitrogen and oxygen atoms in total. The fourth-order valence-electron chi connectivity index (χ4n) is 1.34. The van der Waals surface area contributed by atoms with E-state index in [9.17, 15) is 0 Å². The van der Waals surface area contributed by atoms with Gasteiger partial charge in [0.1, 0.15) is 12.4 Å².